The van der Waals surface area contributed by atoms with E-state index >= 15 is 0 Å². The number of hydrogen-bond donors (Lipinski definition) is 1. The molecule has 0 bridgehead atoms. The molecule has 0 fully saturated rings. The van der Waals surface area contributed by atoms with Gasteiger partial charge in [0.2, 0.25) is 4.77 Å². The minimum atomic E-state index is -0.193. The Hall–Kier alpha value is -1.99. The summed E-state index contributed by atoms with van der Waals surface area (Å²) in [6.07, 6.45) is 0.409. The van der Waals surface area contributed by atoms with Crippen LogP contribution in [0, 0.1) is 4.77 Å². The highest BCUT2D eigenvalue weighted by molar-refractivity contribution is 7.71. The van der Waals surface area contributed by atoms with Crippen LogP contribution in [0.15, 0.2) is 29.1 Å². The highest BCUT2D eigenvalue weighted by atomic mass is 35.5. The van der Waals surface area contributed by atoms with Gasteiger partial charge in [-0.05, 0) is 29.9 Å². The number of H-pyrrole nitrogens is 1. The summed E-state index contributed by atoms with van der Waals surface area (Å²) < 4.78 is 3.22. The number of aromatic amines is 1. The summed E-state index contributed by atoms with van der Waals surface area (Å²) in [5, 5.41) is 11.5. The van der Waals surface area contributed by atoms with Crippen LogP contribution in [0.3, 0.4) is 0 Å². The molecule has 2 heterocycles. The van der Waals surface area contributed by atoms with Gasteiger partial charge in [0.25, 0.3) is 11.3 Å². The topological polar surface area (TPSA) is 68.0 Å². The van der Waals surface area contributed by atoms with E-state index in [4.69, 9.17) is 23.8 Å². The van der Waals surface area contributed by atoms with Gasteiger partial charge in [-0.3, -0.25) is 9.36 Å². The second-order valence-corrected chi connectivity index (χ2v) is 5.18. The van der Waals surface area contributed by atoms with Crippen LogP contribution < -0.4 is 5.56 Å². The van der Waals surface area contributed by atoms with Crippen molar-refractivity contribution in [2.45, 2.75) is 6.42 Å². The molecule has 0 aliphatic rings. The maximum Gasteiger partial charge on any atom is 0.276 e. The summed E-state index contributed by atoms with van der Waals surface area (Å²) in [4.78, 5) is 12.2. The first-order valence-electron chi connectivity index (χ1n) is 5.84. The number of aryl methyl sites for hydroxylation is 1. The molecule has 0 atom stereocenters. The second kappa shape index (κ2) is 4.84. The summed E-state index contributed by atoms with van der Waals surface area (Å²) in [7, 11) is 1.64. The largest absolute Gasteiger partial charge is 0.277 e. The second-order valence-electron chi connectivity index (χ2n) is 4.35. The zero-order valence-corrected chi connectivity index (χ0v) is 12.1. The maximum absolute atomic E-state index is 12.2. The first-order chi connectivity index (χ1) is 9.56. The summed E-state index contributed by atoms with van der Waals surface area (Å²) >= 11 is 10.9. The zero-order chi connectivity index (χ0) is 14.3. The van der Waals surface area contributed by atoms with Crippen LogP contribution in [0.4, 0.5) is 0 Å². The van der Waals surface area contributed by atoms with E-state index in [1.807, 2.05) is 12.1 Å². The van der Waals surface area contributed by atoms with Gasteiger partial charge in [-0.1, -0.05) is 23.7 Å². The Morgan fingerprint density at radius 3 is 2.75 bits per heavy atom. The van der Waals surface area contributed by atoms with Crippen molar-refractivity contribution in [2.75, 3.05) is 0 Å². The van der Waals surface area contributed by atoms with Crippen LogP contribution in [0.2, 0.25) is 5.02 Å². The molecule has 0 saturated carbocycles. The summed E-state index contributed by atoms with van der Waals surface area (Å²) in [6, 6.07) is 7.29. The fourth-order valence-electron chi connectivity index (χ4n) is 1.95. The SMILES string of the molecule is Cn1c(=O)c(Cc2ccc(Cl)cc2)nn2c(=S)[nH]nc12. The molecule has 8 heteroatoms. The number of rotatable bonds is 2. The van der Waals surface area contributed by atoms with Crippen LogP contribution in [-0.4, -0.2) is 24.4 Å². The molecule has 0 radical (unpaired) electrons. The smallest absolute Gasteiger partial charge is 0.276 e. The average Bonchev–Trinajstić information content (AvgIpc) is 2.80. The lowest BCUT2D eigenvalue weighted by Gasteiger charge is -2.04. The van der Waals surface area contributed by atoms with Gasteiger partial charge in [-0.2, -0.15) is 9.61 Å². The molecule has 102 valence electrons. The molecule has 0 saturated heterocycles. The summed E-state index contributed by atoms with van der Waals surface area (Å²) in [5.41, 5.74) is 1.16. The van der Waals surface area contributed by atoms with Gasteiger partial charge in [0.05, 0.1) is 0 Å². The third-order valence-corrected chi connectivity index (χ3v) is 3.51. The van der Waals surface area contributed by atoms with E-state index in [1.54, 1.807) is 19.2 Å². The van der Waals surface area contributed by atoms with E-state index in [2.05, 4.69) is 15.3 Å². The highest BCUT2D eigenvalue weighted by Crippen LogP contribution is 2.11. The van der Waals surface area contributed by atoms with Crippen molar-refractivity contribution in [1.82, 2.24) is 24.4 Å². The van der Waals surface area contributed by atoms with Crippen LogP contribution in [0.5, 0.6) is 0 Å². The number of nitrogens with one attached hydrogen (secondary N) is 1. The Morgan fingerprint density at radius 2 is 2.05 bits per heavy atom. The number of halogens is 1. The maximum atomic E-state index is 12.2. The van der Waals surface area contributed by atoms with E-state index in [0.29, 0.717) is 27.7 Å². The molecule has 2 aromatic heterocycles. The first-order valence-corrected chi connectivity index (χ1v) is 6.62. The van der Waals surface area contributed by atoms with Gasteiger partial charge in [0.15, 0.2) is 0 Å². The number of fused-ring (bicyclic) bond motifs is 1. The van der Waals surface area contributed by atoms with Gasteiger partial charge in [0.1, 0.15) is 5.69 Å². The van der Waals surface area contributed by atoms with Crippen LogP contribution in [0.1, 0.15) is 11.3 Å². The van der Waals surface area contributed by atoms with Crippen molar-refractivity contribution in [2.24, 2.45) is 7.05 Å². The predicted octanol–water partition coefficient (Wildman–Crippen LogP) is 1.73. The van der Waals surface area contributed by atoms with Crippen molar-refractivity contribution in [3.8, 4) is 0 Å². The van der Waals surface area contributed by atoms with Gasteiger partial charge >= 0.3 is 0 Å². The lowest BCUT2D eigenvalue weighted by Crippen LogP contribution is -2.26. The van der Waals surface area contributed by atoms with Crippen LogP contribution in [-0.2, 0) is 13.5 Å². The minimum Gasteiger partial charge on any atom is -0.277 e. The summed E-state index contributed by atoms with van der Waals surface area (Å²) in [6.45, 7) is 0. The van der Waals surface area contributed by atoms with Gasteiger partial charge in [0, 0.05) is 18.5 Å². The molecule has 20 heavy (non-hydrogen) atoms. The van der Waals surface area contributed by atoms with E-state index in [9.17, 15) is 4.79 Å². The molecular weight excluding hydrogens is 298 g/mol. The lowest BCUT2D eigenvalue weighted by molar-refractivity contribution is 0.735. The number of hydrogen-bond acceptors (Lipinski definition) is 4. The Balaban J connectivity index is 2.14. The average molecular weight is 308 g/mol. The lowest BCUT2D eigenvalue weighted by atomic mass is 10.1. The van der Waals surface area contributed by atoms with E-state index in [-0.39, 0.29) is 5.56 Å². The molecule has 0 unspecified atom stereocenters. The highest BCUT2D eigenvalue weighted by Gasteiger charge is 2.11. The molecular formula is C12H10ClN5OS. The molecule has 3 rings (SSSR count). The van der Waals surface area contributed by atoms with Gasteiger partial charge in [-0.25, -0.2) is 5.10 Å². The van der Waals surface area contributed by atoms with Crippen molar-refractivity contribution < 1.29 is 0 Å². The first kappa shape index (κ1) is 13.0. The molecule has 0 aliphatic carbocycles. The van der Waals surface area contributed by atoms with Crippen molar-refractivity contribution in [3.05, 3.63) is 55.7 Å². The fraction of sp³-hybridized carbons (Fsp3) is 0.167. The predicted molar refractivity (Wildman–Crippen MR) is 77.7 cm³/mol. The zero-order valence-electron chi connectivity index (χ0n) is 10.5. The Morgan fingerprint density at radius 1 is 1.35 bits per heavy atom. The Bertz CT molecular complexity index is 893. The number of benzene rings is 1. The fourth-order valence-corrected chi connectivity index (χ4v) is 2.24. The van der Waals surface area contributed by atoms with Crippen LogP contribution >= 0.6 is 23.8 Å². The van der Waals surface area contributed by atoms with E-state index < -0.39 is 0 Å². The molecule has 3 aromatic rings. The normalized spacial score (nSPS) is 11.1. The van der Waals surface area contributed by atoms with E-state index in [1.165, 1.54) is 9.08 Å². The molecule has 6 nitrogen and oxygen atoms in total. The van der Waals surface area contributed by atoms with Gasteiger partial charge < -0.3 is 0 Å². The number of aromatic nitrogens is 5. The van der Waals surface area contributed by atoms with Crippen molar-refractivity contribution >= 4 is 29.6 Å². The Kier molecular flexibility index (Phi) is 3.15. The monoisotopic (exact) mass is 307 g/mol. The molecule has 0 amide bonds. The third kappa shape index (κ3) is 2.14. The standard InChI is InChI=1S/C12H10ClN5OS/c1-17-10(19)9(6-7-2-4-8(13)5-3-7)16-18-11(17)14-15-12(18)20/h2-5H,6H2,1H3,(H,15,20). The van der Waals surface area contributed by atoms with E-state index in [0.717, 1.165) is 5.56 Å². The van der Waals surface area contributed by atoms with Gasteiger partial charge in [-0.15, -0.1) is 5.10 Å². The Labute approximate surface area is 123 Å². The summed E-state index contributed by atoms with van der Waals surface area (Å²) in [5.74, 6) is 0.389. The molecule has 0 spiro atoms. The molecule has 1 aromatic carbocycles. The molecule has 1 N–H and O–H groups in total. The number of nitrogens with zero attached hydrogens (tertiary/aromatic N) is 4. The minimum absolute atomic E-state index is 0.193. The molecule has 0 aliphatic heterocycles. The third-order valence-electron chi connectivity index (χ3n) is 2.99. The quantitative estimate of drug-likeness (QED) is 0.732. The van der Waals surface area contributed by atoms with Crippen LogP contribution in [0.25, 0.3) is 5.78 Å². The van der Waals surface area contributed by atoms with Crippen molar-refractivity contribution in [1.29, 1.82) is 0 Å². The van der Waals surface area contributed by atoms with Crippen molar-refractivity contribution in [3.63, 3.8) is 0 Å².